The minimum atomic E-state index is -0.927. The summed E-state index contributed by atoms with van der Waals surface area (Å²) in [5, 5.41) is 9.64. The van der Waals surface area contributed by atoms with Gasteiger partial charge in [0.2, 0.25) is 0 Å². The number of rotatable bonds is 4. The van der Waals surface area contributed by atoms with Crippen LogP contribution in [0.25, 0.3) is 0 Å². The lowest BCUT2D eigenvalue weighted by Gasteiger charge is -2.55. The summed E-state index contributed by atoms with van der Waals surface area (Å²) in [6.45, 7) is 12.2. The highest BCUT2D eigenvalue weighted by molar-refractivity contribution is 5.96. The van der Waals surface area contributed by atoms with E-state index >= 15 is 0 Å². The SMILES string of the molecule is C=C1C2=CC(=O)OC(c3ccoc3)C2(C)CCC1C1(C)C=CC(=O)C(C)(C)C1CC(=O)O. The maximum Gasteiger partial charge on any atom is 0.331 e. The summed E-state index contributed by atoms with van der Waals surface area (Å²) < 4.78 is 11.0. The Morgan fingerprint density at radius 3 is 2.59 bits per heavy atom. The first-order chi connectivity index (χ1) is 14.9. The molecule has 1 fully saturated rings. The molecule has 5 unspecified atom stereocenters. The van der Waals surface area contributed by atoms with Crippen molar-refractivity contribution in [3.8, 4) is 0 Å². The molecular weight excluding hydrogens is 408 g/mol. The van der Waals surface area contributed by atoms with Gasteiger partial charge in [-0.2, -0.15) is 0 Å². The fourth-order valence-electron chi connectivity index (χ4n) is 6.33. The largest absolute Gasteiger partial charge is 0.481 e. The van der Waals surface area contributed by atoms with Crippen LogP contribution in [0.15, 0.2) is 59.0 Å². The first-order valence-electron chi connectivity index (χ1n) is 11.0. The monoisotopic (exact) mass is 438 g/mol. The normalized spacial score (nSPS) is 36.3. The molecule has 32 heavy (non-hydrogen) atoms. The number of hydrogen-bond donors (Lipinski definition) is 1. The zero-order chi connectivity index (χ0) is 23.5. The van der Waals surface area contributed by atoms with E-state index in [1.165, 1.54) is 6.08 Å². The zero-order valence-electron chi connectivity index (χ0n) is 19.0. The van der Waals surface area contributed by atoms with Crippen molar-refractivity contribution in [1.29, 1.82) is 0 Å². The van der Waals surface area contributed by atoms with Crippen LogP contribution in [0.2, 0.25) is 0 Å². The minimum absolute atomic E-state index is 0.0621. The van der Waals surface area contributed by atoms with Crippen molar-refractivity contribution < 1.29 is 28.6 Å². The van der Waals surface area contributed by atoms with Crippen LogP contribution in [0.4, 0.5) is 0 Å². The number of carbonyl (C=O) groups is 3. The molecule has 0 radical (unpaired) electrons. The summed E-state index contributed by atoms with van der Waals surface area (Å²) in [4.78, 5) is 37.0. The predicted octanol–water partition coefficient (Wildman–Crippen LogP) is 5.04. The van der Waals surface area contributed by atoms with Gasteiger partial charge in [-0.25, -0.2) is 4.79 Å². The molecule has 2 heterocycles. The summed E-state index contributed by atoms with van der Waals surface area (Å²) in [5.41, 5.74) is 0.584. The summed E-state index contributed by atoms with van der Waals surface area (Å²) >= 11 is 0. The number of carboxylic acids is 1. The van der Waals surface area contributed by atoms with Crippen LogP contribution < -0.4 is 0 Å². The van der Waals surface area contributed by atoms with Gasteiger partial charge in [0.15, 0.2) is 5.78 Å². The fraction of sp³-hybridized carbons (Fsp3) is 0.500. The first kappa shape index (κ1) is 22.3. The van der Waals surface area contributed by atoms with Crippen LogP contribution in [0, 0.1) is 28.1 Å². The van der Waals surface area contributed by atoms with Crippen molar-refractivity contribution in [2.45, 2.75) is 53.1 Å². The molecule has 0 aromatic carbocycles. The van der Waals surface area contributed by atoms with Crippen LogP contribution in [-0.4, -0.2) is 22.8 Å². The number of carboxylic acid groups (broad SMARTS) is 1. The van der Waals surface area contributed by atoms with E-state index in [1.807, 2.05) is 32.9 Å². The van der Waals surface area contributed by atoms with Gasteiger partial charge in [-0.3, -0.25) is 9.59 Å². The summed E-state index contributed by atoms with van der Waals surface area (Å²) in [6.07, 6.45) is 9.04. The van der Waals surface area contributed by atoms with E-state index in [0.717, 1.165) is 29.6 Å². The molecule has 170 valence electrons. The number of fused-ring (bicyclic) bond motifs is 1. The second-order valence-electron chi connectivity index (χ2n) is 10.4. The van der Waals surface area contributed by atoms with Crippen molar-refractivity contribution >= 4 is 17.7 Å². The first-order valence-corrected chi connectivity index (χ1v) is 11.0. The van der Waals surface area contributed by atoms with Gasteiger partial charge < -0.3 is 14.3 Å². The van der Waals surface area contributed by atoms with Crippen molar-refractivity contribution in [3.63, 3.8) is 0 Å². The molecule has 1 aliphatic heterocycles. The quantitative estimate of drug-likeness (QED) is 0.662. The van der Waals surface area contributed by atoms with Crippen molar-refractivity contribution in [3.05, 3.63) is 60.1 Å². The lowest BCUT2D eigenvalue weighted by Crippen LogP contribution is -2.51. The number of esters is 1. The van der Waals surface area contributed by atoms with E-state index in [1.54, 1.807) is 18.6 Å². The molecule has 1 N–H and O–H groups in total. The van der Waals surface area contributed by atoms with Crippen LogP contribution in [0.3, 0.4) is 0 Å². The standard InChI is InChI=1S/C26H30O6/c1-15-17(25(4)10-7-20(27)24(2,3)19(25)13-21(28)29)6-9-26(5)18(15)12-22(30)32-23(26)16-8-11-31-14-16/h7-8,10-12,14,17,19,23H,1,6,9,13H2,2-5H3,(H,28,29). The van der Waals surface area contributed by atoms with E-state index in [4.69, 9.17) is 9.15 Å². The van der Waals surface area contributed by atoms with Gasteiger partial charge in [-0.1, -0.05) is 40.3 Å². The Hall–Kier alpha value is -2.89. The fourth-order valence-corrected chi connectivity index (χ4v) is 6.33. The van der Waals surface area contributed by atoms with Gasteiger partial charge in [-0.15, -0.1) is 0 Å². The van der Waals surface area contributed by atoms with E-state index in [2.05, 4.69) is 13.5 Å². The molecule has 5 atom stereocenters. The second kappa shape index (κ2) is 7.32. The van der Waals surface area contributed by atoms with Gasteiger partial charge >= 0.3 is 11.9 Å². The lowest BCUT2D eigenvalue weighted by molar-refractivity contribution is -0.153. The third-order valence-corrected chi connectivity index (χ3v) is 8.24. The second-order valence-corrected chi connectivity index (χ2v) is 10.4. The average Bonchev–Trinajstić information content (AvgIpc) is 3.24. The van der Waals surface area contributed by atoms with E-state index in [0.29, 0.717) is 0 Å². The van der Waals surface area contributed by atoms with E-state index < -0.39 is 40.2 Å². The Kier molecular flexibility index (Phi) is 5.11. The van der Waals surface area contributed by atoms with E-state index in [9.17, 15) is 19.5 Å². The Balaban J connectivity index is 1.77. The molecule has 1 aromatic heterocycles. The van der Waals surface area contributed by atoms with Crippen LogP contribution >= 0.6 is 0 Å². The van der Waals surface area contributed by atoms with Crippen molar-refractivity contribution in [2.24, 2.45) is 28.1 Å². The Labute approximate surface area is 188 Å². The minimum Gasteiger partial charge on any atom is -0.481 e. The Morgan fingerprint density at radius 1 is 1.25 bits per heavy atom. The molecule has 0 amide bonds. The van der Waals surface area contributed by atoms with Gasteiger partial charge in [0, 0.05) is 28.9 Å². The number of cyclic esters (lactones) is 1. The highest BCUT2D eigenvalue weighted by atomic mass is 16.5. The molecule has 3 aliphatic rings. The summed E-state index contributed by atoms with van der Waals surface area (Å²) in [7, 11) is 0. The molecule has 1 saturated carbocycles. The number of furan rings is 1. The zero-order valence-corrected chi connectivity index (χ0v) is 19.0. The molecule has 4 rings (SSSR count). The summed E-state index contributed by atoms with van der Waals surface area (Å²) in [6, 6.07) is 1.81. The maximum absolute atomic E-state index is 12.7. The molecule has 6 heteroatoms. The van der Waals surface area contributed by atoms with Crippen LogP contribution in [-0.2, 0) is 19.1 Å². The van der Waals surface area contributed by atoms with Crippen molar-refractivity contribution in [1.82, 2.24) is 0 Å². The summed E-state index contributed by atoms with van der Waals surface area (Å²) in [5.74, 6) is -1.92. The smallest absolute Gasteiger partial charge is 0.331 e. The number of hydrogen-bond acceptors (Lipinski definition) is 5. The topological polar surface area (TPSA) is 93.8 Å². The van der Waals surface area contributed by atoms with Crippen molar-refractivity contribution in [2.75, 3.05) is 0 Å². The highest BCUT2D eigenvalue weighted by Crippen LogP contribution is 2.62. The molecule has 2 aliphatic carbocycles. The number of aliphatic carboxylic acids is 1. The van der Waals surface area contributed by atoms with Gasteiger partial charge in [-0.05, 0) is 53.4 Å². The van der Waals surface area contributed by atoms with Crippen LogP contribution in [0.5, 0.6) is 0 Å². The molecule has 0 bridgehead atoms. The Morgan fingerprint density at radius 2 is 1.97 bits per heavy atom. The molecule has 0 saturated heterocycles. The molecular formula is C26H30O6. The number of ketones is 1. The highest BCUT2D eigenvalue weighted by Gasteiger charge is 2.57. The third-order valence-electron chi connectivity index (χ3n) is 8.24. The lowest BCUT2D eigenvalue weighted by atomic mass is 9.48. The van der Waals surface area contributed by atoms with Gasteiger partial charge in [0.05, 0.1) is 12.5 Å². The van der Waals surface area contributed by atoms with Gasteiger partial charge in [0.1, 0.15) is 6.10 Å². The maximum atomic E-state index is 12.7. The predicted molar refractivity (Wildman–Crippen MR) is 117 cm³/mol. The van der Waals surface area contributed by atoms with Gasteiger partial charge in [0.25, 0.3) is 0 Å². The Bertz CT molecular complexity index is 1040. The third kappa shape index (κ3) is 3.19. The molecule has 0 spiro atoms. The number of ether oxygens (including phenoxy) is 1. The molecule has 6 nitrogen and oxygen atoms in total. The van der Waals surface area contributed by atoms with Crippen LogP contribution in [0.1, 0.15) is 58.6 Å². The van der Waals surface area contributed by atoms with E-state index in [-0.39, 0.29) is 18.1 Å². The number of carbonyl (C=O) groups excluding carboxylic acids is 2. The average molecular weight is 439 g/mol. The molecule has 1 aromatic rings. The number of allylic oxidation sites excluding steroid dienone is 3.